The summed E-state index contributed by atoms with van der Waals surface area (Å²) in [6.45, 7) is 0. The van der Waals surface area contributed by atoms with Gasteiger partial charge < -0.3 is 20.1 Å². The number of sulfone groups is 1. The first-order valence-corrected chi connectivity index (χ1v) is 10.4. The molecule has 0 atom stereocenters. The molecule has 0 aliphatic heterocycles. The van der Waals surface area contributed by atoms with Crippen LogP contribution in [0.4, 0.5) is 16.2 Å². The number of ether oxygens (including phenoxy) is 2. The maximum atomic E-state index is 12.3. The summed E-state index contributed by atoms with van der Waals surface area (Å²) in [5, 5.41) is 5.40. The molecule has 0 saturated heterocycles. The summed E-state index contributed by atoms with van der Waals surface area (Å²) in [6, 6.07) is 9.55. The molecule has 0 radical (unpaired) electrons. The van der Waals surface area contributed by atoms with E-state index in [4.69, 9.17) is 9.47 Å². The van der Waals surface area contributed by atoms with Gasteiger partial charge in [0.1, 0.15) is 11.5 Å². The Labute approximate surface area is 160 Å². The van der Waals surface area contributed by atoms with E-state index in [0.29, 0.717) is 33.1 Å². The normalized spacial score (nSPS) is 11.2. The molecule has 2 N–H and O–H groups in total. The molecule has 27 heavy (non-hydrogen) atoms. The number of carbonyl (C=O) groups excluding carboxylic acids is 1. The van der Waals surface area contributed by atoms with E-state index in [1.807, 2.05) is 0 Å². The molecule has 0 fully saturated rings. The van der Waals surface area contributed by atoms with Gasteiger partial charge in [0.05, 0.1) is 30.1 Å². The molecule has 3 aromatic rings. The van der Waals surface area contributed by atoms with Crippen LogP contribution in [0.5, 0.6) is 11.5 Å². The molecule has 0 aliphatic rings. The number of amides is 2. The Balaban J connectivity index is 1.80. The number of nitrogens with zero attached hydrogens (tertiary/aromatic N) is 1. The van der Waals surface area contributed by atoms with Crippen molar-refractivity contribution in [3.05, 3.63) is 36.4 Å². The fraction of sp³-hybridized carbons (Fsp3) is 0.176. The summed E-state index contributed by atoms with van der Waals surface area (Å²) >= 11 is 1.05. The molecule has 0 saturated carbocycles. The number of rotatable bonds is 5. The number of aromatic nitrogens is 1. The summed E-state index contributed by atoms with van der Waals surface area (Å²) in [7, 11) is -0.343. The molecule has 3 rings (SSSR count). The summed E-state index contributed by atoms with van der Waals surface area (Å²) in [5.41, 5.74) is 1.51. The number of hydrogen-bond acceptors (Lipinski definition) is 7. The van der Waals surface area contributed by atoms with Crippen molar-refractivity contribution in [2.75, 3.05) is 31.1 Å². The van der Waals surface area contributed by atoms with Gasteiger partial charge in [-0.25, -0.2) is 18.2 Å². The number of carbonyl (C=O) groups is 1. The van der Waals surface area contributed by atoms with Crippen molar-refractivity contribution in [3.63, 3.8) is 0 Å². The highest BCUT2D eigenvalue weighted by atomic mass is 32.2. The first-order chi connectivity index (χ1) is 12.8. The van der Waals surface area contributed by atoms with E-state index in [1.54, 1.807) is 36.4 Å². The quantitative estimate of drug-likeness (QED) is 0.672. The van der Waals surface area contributed by atoms with Crippen molar-refractivity contribution >= 4 is 48.8 Å². The van der Waals surface area contributed by atoms with Gasteiger partial charge in [0.15, 0.2) is 0 Å². The number of methoxy groups -OCH3 is 2. The van der Waals surface area contributed by atoms with Gasteiger partial charge in [0.2, 0.25) is 14.2 Å². The number of thiazole rings is 1. The molecule has 142 valence electrons. The van der Waals surface area contributed by atoms with Crippen LogP contribution < -0.4 is 20.1 Å². The van der Waals surface area contributed by atoms with Gasteiger partial charge >= 0.3 is 6.03 Å². The molecule has 0 aliphatic carbocycles. The lowest BCUT2D eigenvalue weighted by atomic mass is 10.2. The second kappa shape index (κ2) is 7.41. The van der Waals surface area contributed by atoms with E-state index in [-0.39, 0.29) is 4.34 Å². The van der Waals surface area contributed by atoms with Gasteiger partial charge in [-0.15, -0.1) is 11.3 Å². The van der Waals surface area contributed by atoms with Crippen molar-refractivity contribution < 1.29 is 22.7 Å². The molecule has 10 heteroatoms. The van der Waals surface area contributed by atoms with Crippen molar-refractivity contribution in [2.24, 2.45) is 0 Å². The highest BCUT2D eigenvalue weighted by Gasteiger charge is 2.15. The number of anilines is 2. The van der Waals surface area contributed by atoms with Crippen LogP contribution in [0.3, 0.4) is 0 Å². The zero-order valence-electron chi connectivity index (χ0n) is 14.8. The topological polar surface area (TPSA) is 107 Å². The Kier molecular flexibility index (Phi) is 5.19. The van der Waals surface area contributed by atoms with Gasteiger partial charge in [0.25, 0.3) is 0 Å². The lowest BCUT2D eigenvalue weighted by Crippen LogP contribution is -2.19. The van der Waals surface area contributed by atoms with E-state index >= 15 is 0 Å². The molecule has 0 unspecified atom stereocenters. The Morgan fingerprint density at radius 2 is 1.85 bits per heavy atom. The fourth-order valence-electron chi connectivity index (χ4n) is 2.34. The second-order valence-corrected chi connectivity index (χ2v) is 8.80. The zero-order valence-corrected chi connectivity index (χ0v) is 16.4. The monoisotopic (exact) mass is 407 g/mol. The van der Waals surface area contributed by atoms with Gasteiger partial charge in [-0.2, -0.15) is 0 Å². The lowest BCUT2D eigenvalue weighted by Gasteiger charge is -2.12. The average molecular weight is 407 g/mol. The minimum Gasteiger partial charge on any atom is -0.497 e. The third kappa shape index (κ3) is 4.29. The van der Waals surface area contributed by atoms with Crippen LogP contribution in [0, 0.1) is 0 Å². The number of fused-ring (bicyclic) bond motifs is 1. The number of nitrogens with one attached hydrogen (secondary N) is 2. The van der Waals surface area contributed by atoms with Crippen LogP contribution in [0.2, 0.25) is 0 Å². The van der Waals surface area contributed by atoms with Crippen molar-refractivity contribution in [1.82, 2.24) is 4.98 Å². The SMILES string of the molecule is COc1ccc(OC)c(NC(=O)Nc2ccc3nc(S(C)(=O)=O)sc3c2)c1. The lowest BCUT2D eigenvalue weighted by molar-refractivity contribution is 0.262. The molecular formula is C17H17N3O5S2. The molecule has 8 nitrogen and oxygen atoms in total. The third-order valence-electron chi connectivity index (χ3n) is 3.60. The molecule has 0 spiro atoms. The van der Waals surface area contributed by atoms with Crippen LogP contribution in [0.15, 0.2) is 40.7 Å². The maximum absolute atomic E-state index is 12.3. The van der Waals surface area contributed by atoms with Crippen molar-refractivity contribution in [3.8, 4) is 11.5 Å². The predicted molar refractivity (Wildman–Crippen MR) is 105 cm³/mol. The van der Waals surface area contributed by atoms with Crippen LogP contribution in [-0.2, 0) is 9.84 Å². The smallest absolute Gasteiger partial charge is 0.323 e. The Bertz CT molecular complexity index is 1110. The van der Waals surface area contributed by atoms with Crippen molar-refractivity contribution in [2.45, 2.75) is 4.34 Å². The fourth-order valence-corrected chi connectivity index (χ4v) is 4.21. The highest BCUT2D eigenvalue weighted by molar-refractivity contribution is 7.92. The third-order valence-corrected chi connectivity index (χ3v) is 6.30. The molecule has 1 aromatic heterocycles. The Hall–Kier alpha value is -2.85. The zero-order chi connectivity index (χ0) is 19.6. The maximum Gasteiger partial charge on any atom is 0.323 e. The summed E-state index contributed by atoms with van der Waals surface area (Å²) in [5.74, 6) is 1.06. The van der Waals surface area contributed by atoms with E-state index in [2.05, 4.69) is 15.6 Å². The second-order valence-electron chi connectivity index (χ2n) is 5.58. The largest absolute Gasteiger partial charge is 0.497 e. The first-order valence-electron chi connectivity index (χ1n) is 7.71. The van der Waals surface area contributed by atoms with Gasteiger partial charge in [-0.1, -0.05) is 0 Å². The summed E-state index contributed by atoms with van der Waals surface area (Å²) in [4.78, 5) is 16.4. The first kappa shape index (κ1) is 18.9. The van der Waals surface area contributed by atoms with E-state index in [0.717, 1.165) is 17.6 Å². The van der Waals surface area contributed by atoms with Crippen LogP contribution in [0.1, 0.15) is 0 Å². The molecule has 2 amide bonds. The predicted octanol–water partition coefficient (Wildman–Crippen LogP) is 3.36. The van der Waals surface area contributed by atoms with Crippen LogP contribution in [0.25, 0.3) is 10.2 Å². The van der Waals surface area contributed by atoms with Crippen LogP contribution >= 0.6 is 11.3 Å². The standard InChI is InChI=1S/C17H17N3O5S2/c1-24-11-5-7-14(25-2)13(9-11)19-16(21)18-10-4-6-12-15(8-10)26-17(20-12)27(3,22)23/h4-9H,1-3H3,(H2,18,19,21). The number of benzene rings is 2. The molecule has 2 aromatic carbocycles. The number of urea groups is 1. The molecule has 0 bridgehead atoms. The minimum absolute atomic E-state index is 0.0419. The molecule has 1 heterocycles. The van der Waals surface area contributed by atoms with Gasteiger partial charge in [-0.05, 0) is 30.3 Å². The minimum atomic E-state index is -3.37. The number of hydrogen-bond donors (Lipinski definition) is 2. The highest BCUT2D eigenvalue weighted by Crippen LogP contribution is 2.30. The van der Waals surface area contributed by atoms with E-state index in [9.17, 15) is 13.2 Å². The van der Waals surface area contributed by atoms with E-state index < -0.39 is 15.9 Å². The summed E-state index contributed by atoms with van der Waals surface area (Å²) < 4.78 is 34.3. The van der Waals surface area contributed by atoms with Crippen LogP contribution in [-0.4, -0.2) is 39.9 Å². The summed E-state index contributed by atoms with van der Waals surface area (Å²) in [6.07, 6.45) is 1.11. The van der Waals surface area contributed by atoms with Gasteiger partial charge in [-0.3, -0.25) is 0 Å². The van der Waals surface area contributed by atoms with Crippen molar-refractivity contribution in [1.29, 1.82) is 0 Å². The molecular weight excluding hydrogens is 390 g/mol. The van der Waals surface area contributed by atoms with Gasteiger partial charge in [0, 0.05) is 18.0 Å². The Morgan fingerprint density at radius 3 is 2.52 bits per heavy atom. The Morgan fingerprint density at radius 1 is 1.07 bits per heavy atom. The average Bonchev–Trinajstić information content (AvgIpc) is 3.05. The van der Waals surface area contributed by atoms with E-state index in [1.165, 1.54) is 14.2 Å².